The third-order valence-corrected chi connectivity index (χ3v) is 4.92. The van der Waals surface area contributed by atoms with Crippen molar-refractivity contribution in [1.29, 1.82) is 0 Å². The van der Waals surface area contributed by atoms with Crippen LogP contribution >= 0.6 is 11.6 Å². The first-order valence-electron chi connectivity index (χ1n) is 7.75. The average Bonchev–Trinajstić information content (AvgIpc) is 2.72. The fraction of sp³-hybridized carbons (Fsp3) is 0.588. The SMILES string of the molecule is CN(C)C1(CNC(=O)c2ccc(Cl)cc2)CCCCCC1. The summed E-state index contributed by atoms with van der Waals surface area (Å²) in [5, 5.41) is 3.77. The molecule has 0 heterocycles. The van der Waals surface area contributed by atoms with E-state index in [1.165, 1.54) is 25.7 Å². The normalized spacial score (nSPS) is 18.3. The Labute approximate surface area is 132 Å². The standard InChI is InChI=1S/C17H25ClN2O/c1-20(2)17(11-5-3-4-6-12-17)13-19-16(21)14-7-9-15(18)10-8-14/h7-10H,3-6,11-13H2,1-2H3,(H,19,21). The number of nitrogens with one attached hydrogen (secondary N) is 1. The van der Waals surface area contributed by atoms with Gasteiger partial charge in [-0.25, -0.2) is 0 Å². The molecule has 116 valence electrons. The Kier molecular flexibility index (Phi) is 5.65. The highest BCUT2D eigenvalue weighted by Gasteiger charge is 2.33. The van der Waals surface area contributed by atoms with Gasteiger partial charge in [0.05, 0.1) is 0 Å². The van der Waals surface area contributed by atoms with Gasteiger partial charge in [0.2, 0.25) is 0 Å². The molecule has 0 saturated heterocycles. The second-order valence-corrected chi connectivity index (χ2v) is 6.66. The average molecular weight is 309 g/mol. The zero-order valence-corrected chi connectivity index (χ0v) is 13.7. The Bertz CT molecular complexity index is 462. The molecule has 21 heavy (non-hydrogen) atoms. The van der Waals surface area contributed by atoms with E-state index in [2.05, 4.69) is 24.3 Å². The molecule has 1 N–H and O–H groups in total. The summed E-state index contributed by atoms with van der Waals surface area (Å²) in [6, 6.07) is 7.05. The first-order valence-corrected chi connectivity index (χ1v) is 8.12. The van der Waals surface area contributed by atoms with Crippen LogP contribution in [-0.4, -0.2) is 37.0 Å². The van der Waals surface area contributed by atoms with Gasteiger partial charge in [-0.15, -0.1) is 0 Å². The Morgan fingerprint density at radius 1 is 1.14 bits per heavy atom. The van der Waals surface area contributed by atoms with E-state index in [9.17, 15) is 4.79 Å². The van der Waals surface area contributed by atoms with Gasteiger partial charge in [-0.3, -0.25) is 4.79 Å². The molecule has 0 unspecified atom stereocenters. The Morgan fingerprint density at radius 3 is 2.24 bits per heavy atom. The number of nitrogens with zero attached hydrogens (tertiary/aromatic N) is 1. The van der Waals surface area contributed by atoms with E-state index in [0.717, 1.165) is 12.8 Å². The van der Waals surface area contributed by atoms with E-state index in [-0.39, 0.29) is 11.4 Å². The summed E-state index contributed by atoms with van der Waals surface area (Å²) in [5.41, 5.74) is 0.764. The summed E-state index contributed by atoms with van der Waals surface area (Å²) >= 11 is 5.86. The summed E-state index contributed by atoms with van der Waals surface area (Å²) in [6.07, 6.45) is 7.41. The summed E-state index contributed by atoms with van der Waals surface area (Å²) in [4.78, 5) is 14.6. The molecule has 1 aromatic carbocycles. The summed E-state index contributed by atoms with van der Waals surface area (Å²) in [5.74, 6) is -0.0165. The summed E-state index contributed by atoms with van der Waals surface area (Å²) in [7, 11) is 4.25. The summed E-state index contributed by atoms with van der Waals surface area (Å²) in [6.45, 7) is 0.710. The van der Waals surface area contributed by atoms with Gasteiger partial charge in [0.1, 0.15) is 0 Å². The molecule has 0 spiro atoms. The highest BCUT2D eigenvalue weighted by molar-refractivity contribution is 6.30. The molecule has 1 aromatic rings. The number of amides is 1. The van der Waals surface area contributed by atoms with Crippen molar-refractivity contribution in [2.45, 2.75) is 44.1 Å². The number of carbonyl (C=O) groups excluding carboxylic acids is 1. The first kappa shape index (κ1) is 16.3. The van der Waals surface area contributed by atoms with Crippen molar-refractivity contribution in [3.63, 3.8) is 0 Å². The number of hydrogen-bond acceptors (Lipinski definition) is 2. The predicted octanol–water partition coefficient (Wildman–Crippen LogP) is 3.72. The van der Waals surface area contributed by atoms with Gasteiger partial charge in [-0.1, -0.05) is 37.3 Å². The second kappa shape index (κ2) is 7.28. The lowest BCUT2D eigenvalue weighted by Gasteiger charge is -2.39. The molecule has 0 bridgehead atoms. The molecule has 2 rings (SSSR count). The molecular formula is C17H25ClN2O. The predicted molar refractivity (Wildman–Crippen MR) is 87.9 cm³/mol. The summed E-state index contributed by atoms with van der Waals surface area (Å²) < 4.78 is 0. The van der Waals surface area contributed by atoms with Crippen molar-refractivity contribution in [2.75, 3.05) is 20.6 Å². The minimum absolute atomic E-state index is 0.0165. The molecule has 0 aromatic heterocycles. The molecule has 1 saturated carbocycles. The molecular weight excluding hydrogens is 284 g/mol. The number of benzene rings is 1. The van der Waals surface area contributed by atoms with E-state index in [0.29, 0.717) is 17.1 Å². The molecule has 1 aliphatic carbocycles. The van der Waals surface area contributed by atoms with Gasteiger partial charge in [0, 0.05) is 22.7 Å². The fourth-order valence-electron chi connectivity index (χ4n) is 3.12. The minimum atomic E-state index is -0.0165. The van der Waals surface area contributed by atoms with Crippen molar-refractivity contribution in [3.8, 4) is 0 Å². The van der Waals surface area contributed by atoms with Crippen LogP contribution in [0.4, 0.5) is 0 Å². The minimum Gasteiger partial charge on any atom is -0.350 e. The van der Waals surface area contributed by atoms with Crippen LogP contribution in [0.25, 0.3) is 0 Å². The quantitative estimate of drug-likeness (QED) is 0.860. The van der Waals surface area contributed by atoms with E-state index in [4.69, 9.17) is 11.6 Å². The van der Waals surface area contributed by atoms with Gasteiger partial charge < -0.3 is 10.2 Å². The van der Waals surface area contributed by atoms with Gasteiger partial charge in [-0.2, -0.15) is 0 Å². The first-order chi connectivity index (χ1) is 10.0. The molecule has 4 heteroatoms. The second-order valence-electron chi connectivity index (χ2n) is 6.22. The zero-order chi connectivity index (χ0) is 15.3. The highest BCUT2D eigenvalue weighted by Crippen LogP contribution is 2.30. The maximum absolute atomic E-state index is 12.3. The monoisotopic (exact) mass is 308 g/mol. The number of likely N-dealkylation sites (N-methyl/N-ethyl adjacent to an activating group) is 1. The third kappa shape index (κ3) is 4.21. The van der Waals surface area contributed by atoms with Gasteiger partial charge >= 0.3 is 0 Å². The Morgan fingerprint density at radius 2 is 1.71 bits per heavy atom. The molecule has 1 aliphatic rings. The van der Waals surface area contributed by atoms with Crippen LogP contribution in [0.5, 0.6) is 0 Å². The van der Waals surface area contributed by atoms with Crippen LogP contribution in [0.2, 0.25) is 5.02 Å². The lowest BCUT2D eigenvalue weighted by molar-refractivity contribution is 0.0869. The molecule has 0 atom stereocenters. The van der Waals surface area contributed by atoms with Crippen LogP contribution in [0.15, 0.2) is 24.3 Å². The van der Waals surface area contributed by atoms with Crippen LogP contribution in [0, 0.1) is 0 Å². The van der Waals surface area contributed by atoms with Crippen molar-refractivity contribution in [3.05, 3.63) is 34.9 Å². The van der Waals surface area contributed by atoms with E-state index < -0.39 is 0 Å². The Hall–Kier alpha value is -1.06. The van der Waals surface area contributed by atoms with Crippen LogP contribution in [0.1, 0.15) is 48.9 Å². The smallest absolute Gasteiger partial charge is 0.251 e. The highest BCUT2D eigenvalue weighted by atomic mass is 35.5. The molecule has 1 amide bonds. The number of rotatable bonds is 4. The number of hydrogen-bond donors (Lipinski definition) is 1. The third-order valence-electron chi connectivity index (χ3n) is 4.67. The maximum Gasteiger partial charge on any atom is 0.251 e. The topological polar surface area (TPSA) is 32.3 Å². The fourth-order valence-corrected chi connectivity index (χ4v) is 3.24. The molecule has 1 fully saturated rings. The molecule has 0 aliphatic heterocycles. The number of halogens is 1. The van der Waals surface area contributed by atoms with Crippen molar-refractivity contribution in [2.24, 2.45) is 0 Å². The molecule has 0 radical (unpaired) electrons. The van der Waals surface area contributed by atoms with E-state index in [1.54, 1.807) is 24.3 Å². The molecule has 3 nitrogen and oxygen atoms in total. The van der Waals surface area contributed by atoms with Crippen LogP contribution in [0.3, 0.4) is 0 Å². The van der Waals surface area contributed by atoms with E-state index in [1.807, 2.05) is 0 Å². The maximum atomic E-state index is 12.3. The van der Waals surface area contributed by atoms with Crippen LogP contribution in [-0.2, 0) is 0 Å². The van der Waals surface area contributed by atoms with Crippen molar-refractivity contribution >= 4 is 17.5 Å². The van der Waals surface area contributed by atoms with E-state index >= 15 is 0 Å². The van der Waals surface area contributed by atoms with Crippen molar-refractivity contribution in [1.82, 2.24) is 10.2 Å². The van der Waals surface area contributed by atoms with Crippen molar-refractivity contribution < 1.29 is 4.79 Å². The number of carbonyl (C=O) groups is 1. The lowest BCUT2D eigenvalue weighted by Crippen LogP contribution is -2.52. The lowest BCUT2D eigenvalue weighted by atomic mass is 9.88. The van der Waals surface area contributed by atoms with Gasteiger partial charge in [0.25, 0.3) is 5.91 Å². The zero-order valence-electron chi connectivity index (χ0n) is 13.0. The van der Waals surface area contributed by atoms with Crippen LogP contribution < -0.4 is 5.32 Å². The van der Waals surface area contributed by atoms with Gasteiger partial charge in [-0.05, 0) is 51.2 Å². The Balaban J connectivity index is 2.01. The largest absolute Gasteiger partial charge is 0.350 e. The van der Waals surface area contributed by atoms with Gasteiger partial charge in [0.15, 0.2) is 0 Å².